The van der Waals surface area contributed by atoms with Crippen LogP contribution in [0.25, 0.3) is 54.7 Å². The fraction of sp³-hybridized carbons (Fsp3) is 0.410. The van der Waals surface area contributed by atoms with E-state index in [1.165, 1.54) is 229 Å². The molecule has 6 aromatic carbocycles. The molecule has 0 amide bonds. The van der Waals surface area contributed by atoms with Crippen LogP contribution in [-0.4, -0.2) is 9.97 Å². The Kier molecular flexibility index (Phi) is 16.0. The molecule has 0 aliphatic heterocycles. The lowest BCUT2D eigenvalue weighted by Crippen LogP contribution is -2.25. The molecule has 2 N–H and O–H groups in total. The lowest BCUT2D eigenvalue weighted by molar-refractivity contribution is 0.396. The van der Waals surface area contributed by atoms with Gasteiger partial charge in [0.2, 0.25) is 0 Å². The fourth-order valence-electron chi connectivity index (χ4n) is 11.7. The maximum Gasteiger partial charge on any atom is 0.0497 e. The van der Waals surface area contributed by atoms with Crippen LogP contribution in [0.5, 0.6) is 0 Å². The van der Waals surface area contributed by atoms with Gasteiger partial charge in [-0.15, -0.1) is 0 Å². The first-order valence-electron chi connectivity index (χ1n) is 25.7. The highest BCUT2D eigenvalue weighted by Crippen LogP contribution is 2.55. The number of aromatic amines is 2. The van der Waals surface area contributed by atoms with Crippen LogP contribution in [-0.2, 0) is 18.3 Å². The quantitative estimate of drug-likeness (QED) is 0.0507. The summed E-state index contributed by atoms with van der Waals surface area (Å²) >= 11 is 7.78. The Morgan fingerprint density at radius 2 is 0.692 bits per heavy atom. The number of para-hydroxylation sites is 4. The number of benzene rings is 6. The van der Waals surface area contributed by atoms with Gasteiger partial charge < -0.3 is 9.97 Å². The van der Waals surface area contributed by atoms with Crippen molar-refractivity contribution in [3.05, 3.63) is 153 Å². The topological polar surface area (TPSA) is 31.6 Å². The Balaban J connectivity index is 0.673. The highest BCUT2D eigenvalue weighted by atomic mass is 79.9. The van der Waals surface area contributed by atoms with Gasteiger partial charge in [0.15, 0.2) is 0 Å². The second-order valence-corrected chi connectivity index (χ2v) is 21.4. The number of hydrogen-bond acceptors (Lipinski definition) is 0. The monoisotopic (exact) mass is 988 g/mol. The second kappa shape index (κ2) is 22.6. The molecular formula is C61H70Br2N2. The Bertz CT molecular complexity index is 2600. The van der Waals surface area contributed by atoms with Gasteiger partial charge in [0.05, 0.1) is 0 Å². The number of nitrogens with one attached hydrogen (secondary N) is 2. The van der Waals surface area contributed by atoms with Crippen molar-refractivity contribution in [2.45, 2.75) is 160 Å². The molecule has 0 spiro atoms. The van der Waals surface area contributed by atoms with Gasteiger partial charge in [0.1, 0.15) is 0 Å². The van der Waals surface area contributed by atoms with Crippen molar-refractivity contribution >= 4 is 75.5 Å². The maximum absolute atomic E-state index is 3.89. The summed E-state index contributed by atoms with van der Waals surface area (Å²) in [6, 6.07) is 45.2. The third kappa shape index (κ3) is 10.9. The van der Waals surface area contributed by atoms with Gasteiger partial charge in [-0.2, -0.15) is 0 Å². The number of fused-ring (bicyclic) bond motifs is 9. The summed E-state index contributed by atoms with van der Waals surface area (Å²) in [6.07, 6.45) is 31.9. The van der Waals surface area contributed by atoms with Crippen molar-refractivity contribution in [2.75, 3.05) is 0 Å². The third-order valence-corrected chi connectivity index (χ3v) is 16.1. The average Bonchev–Trinajstić information content (AvgIpc) is 3.98. The molecule has 1 aliphatic rings. The molecule has 9 rings (SSSR count). The number of unbranched alkanes of at least 4 members (excludes halogenated alkanes) is 18. The van der Waals surface area contributed by atoms with E-state index in [0.29, 0.717) is 0 Å². The van der Waals surface area contributed by atoms with Gasteiger partial charge in [0, 0.05) is 58.0 Å². The van der Waals surface area contributed by atoms with Crippen molar-refractivity contribution in [3.8, 4) is 11.1 Å². The van der Waals surface area contributed by atoms with Crippen LogP contribution in [0.4, 0.5) is 0 Å². The number of H-pyrrole nitrogens is 2. The van der Waals surface area contributed by atoms with Gasteiger partial charge in [-0.25, -0.2) is 0 Å². The summed E-state index contributed by atoms with van der Waals surface area (Å²) in [5, 5.41) is 5.43. The summed E-state index contributed by atoms with van der Waals surface area (Å²) in [5.74, 6) is 0. The van der Waals surface area contributed by atoms with Gasteiger partial charge in [-0.1, -0.05) is 232 Å². The van der Waals surface area contributed by atoms with E-state index in [9.17, 15) is 0 Å². The summed E-state index contributed by atoms with van der Waals surface area (Å²) in [7, 11) is 0. The standard InChI is InChI=1S/C61H70Br2N2/c62-47-37-39-49-50-40-38-48(63)44-56(50)61(55(49)43-47,41-23-15-11-7-3-1-5-9-13-17-27-45-29-25-33-53-51-31-19-21-35-57(51)64-59(45)53)42-24-16-12-8-4-2-6-10-14-18-28-46-30-26-34-54-52-32-20-22-36-58(52)65-60(46)54/h19-22,25-26,29-40,43-44,64-65H,1-18,23-24,27-28,41-42H2. The molecule has 0 saturated heterocycles. The molecule has 2 aromatic heterocycles. The molecule has 4 heteroatoms. The Morgan fingerprint density at radius 1 is 0.338 bits per heavy atom. The van der Waals surface area contributed by atoms with Crippen molar-refractivity contribution in [1.82, 2.24) is 9.97 Å². The highest BCUT2D eigenvalue weighted by molar-refractivity contribution is 9.10. The first kappa shape index (κ1) is 46.0. The molecule has 338 valence electrons. The van der Waals surface area contributed by atoms with E-state index in [0.717, 1.165) is 0 Å². The van der Waals surface area contributed by atoms with E-state index in [4.69, 9.17) is 0 Å². The smallest absolute Gasteiger partial charge is 0.0497 e. The summed E-state index contributed by atoms with van der Waals surface area (Å²) < 4.78 is 2.43. The van der Waals surface area contributed by atoms with Crippen LogP contribution in [0.15, 0.2) is 130 Å². The van der Waals surface area contributed by atoms with Crippen molar-refractivity contribution in [3.63, 3.8) is 0 Å². The van der Waals surface area contributed by atoms with E-state index in [2.05, 4.69) is 163 Å². The van der Waals surface area contributed by atoms with E-state index in [1.54, 1.807) is 11.1 Å². The van der Waals surface area contributed by atoms with Crippen molar-refractivity contribution in [1.29, 1.82) is 0 Å². The molecule has 0 unspecified atom stereocenters. The molecule has 0 radical (unpaired) electrons. The Morgan fingerprint density at radius 3 is 1.11 bits per heavy atom. The van der Waals surface area contributed by atoms with Crippen LogP contribution >= 0.6 is 31.9 Å². The van der Waals surface area contributed by atoms with Gasteiger partial charge >= 0.3 is 0 Å². The van der Waals surface area contributed by atoms with Crippen LogP contribution < -0.4 is 0 Å². The first-order valence-corrected chi connectivity index (χ1v) is 27.2. The predicted octanol–water partition coefficient (Wildman–Crippen LogP) is 19.8. The normalized spacial score (nSPS) is 13.1. The molecule has 0 fully saturated rings. The molecule has 65 heavy (non-hydrogen) atoms. The summed E-state index contributed by atoms with van der Waals surface area (Å²) in [4.78, 5) is 7.39. The molecule has 2 nitrogen and oxygen atoms in total. The Hall–Kier alpha value is -4.12. The molecule has 1 aliphatic carbocycles. The maximum atomic E-state index is 3.89. The van der Waals surface area contributed by atoms with Crippen LogP contribution in [0.1, 0.15) is 164 Å². The van der Waals surface area contributed by atoms with Gasteiger partial charge in [-0.3, -0.25) is 0 Å². The minimum absolute atomic E-state index is 0.109. The van der Waals surface area contributed by atoms with Crippen molar-refractivity contribution < 1.29 is 0 Å². The number of aryl methyl sites for hydroxylation is 2. The fourth-order valence-corrected chi connectivity index (χ4v) is 12.4. The van der Waals surface area contributed by atoms with Gasteiger partial charge in [0.25, 0.3) is 0 Å². The molecule has 0 bridgehead atoms. The molecule has 0 atom stereocenters. The van der Waals surface area contributed by atoms with Gasteiger partial charge in [-0.05, 0) is 108 Å². The SMILES string of the molecule is Brc1ccc2c(c1)C(CCCCCCCCCCCCc1cccc3c1[nH]c1ccccc13)(CCCCCCCCCCCCc1cccc3c1[nH]c1ccccc13)c1cc(Br)ccc1-2. The predicted molar refractivity (Wildman–Crippen MR) is 289 cm³/mol. The number of aromatic nitrogens is 2. The largest absolute Gasteiger partial charge is 0.354 e. The Labute approximate surface area is 406 Å². The lowest BCUT2D eigenvalue weighted by Gasteiger charge is -2.33. The molecule has 8 aromatic rings. The minimum atomic E-state index is 0.109. The molecule has 0 saturated carbocycles. The highest BCUT2D eigenvalue weighted by Gasteiger charge is 2.42. The van der Waals surface area contributed by atoms with Crippen molar-refractivity contribution in [2.24, 2.45) is 0 Å². The second-order valence-electron chi connectivity index (χ2n) is 19.6. The summed E-state index contributed by atoms with van der Waals surface area (Å²) in [6.45, 7) is 0. The third-order valence-electron chi connectivity index (χ3n) is 15.1. The molecule has 2 heterocycles. The van der Waals surface area contributed by atoms with E-state index in [-0.39, 0.29) is 5.41 Å². The summed E-state index contributed by atoms with van der Waals surface area (Å²) in [5.41, 5.74) is 14.3. The number of halogens is 2. The number of hydrogen-bond donors (Lipinski definition) is 2. The van der Waals surface area contributed by atoms with E-state index < -0.39 is 0 Å². The van der Waals surface area contributed by atoms with Crippen LogP contribution in [0.3, 0.4) is 0 Å². The first-order chi connectivity index (χ1) is 32.1. The van der Waals surface area contributed by atoms with Crippen LogP contribution in [0, 0.1) is 0 Å². The van der Waals surface area contributed by atoms with E-state index >= 15 is 0 Å². The molecular weight excluding hydrogens is 920 g/mol. The zero-order chi connectivity index (χ0) is 44.3. The van der Waals surface area contributed by atoms with E-state index in [1.807, 2.05) is 0 Å². The zero-order valence-electron chi connectivity index (χ0n) is 38.8. The van der Waals surface area contributed by atoms with Crippen LogP contribution in [0.2, 0.25) is 0 Å². The average molecular weight is 991 g/mol. The number of rotatable bonds is 26. The minimum Gasteiger partial charge on any atom is -0.354 e. The lowest BCUT2D eigenvalue weighted by atomic mass is 9.70. The zero-order valence-corrected chi connectivity index (χ0v) is 41.9.